The molecule has 0 saturated carbocycles. The number of rotatable bonds is 5. The molecule has 4 nitrogen and oxygen atoms in total. The smallest absolute Gasteiger partial charge is 0.337 e. The Balaban J connectivity index is 1.82. The number of benzene rings is 1. The highest BCUT2D eigenvalue weighted by Gasteiger charge is 2.24. The quantitative estimate of drug-likeness (QED) is 0.774. The number of carbonyl (C=O) groups is 2. The summed E-state index contributed by atoms with van der Waals surface area (Å²) in [6.07, 6.45) is 2.22. The summed E-state index contributed by atoms with van der Waals surface area (Å²) in [4.78, 5) is 25.9. The van der Waals surface area contributed by atoms with E-state index in [2.05, 4.69) is 11.7 Å². The SMILES string of the molecule is COC(=O)c1ccc(CSC(C)C(=O)N2CCC(C)CC2)cc1. The van der Waals surface area contributed by atoms with Gasteiger partial charge in [-0.1, -0.05) is 19.1 Å². The molecule has 0 radical (unpaired) electrons. The van der Waals surface area contributed by atoms with Gasteiger partial charge in [0.1, 0.15) is 0 Å². The second kappa shape index (κ2) is 8.39. The van der Waals surface area contributed by atoms with Crippen molar-refractivity contribution in [3.8, 4) is 0 Å². The van der Waals surface area contributed by atoms with Crippen LogP contribution in [0.4, 0.5) is 0 Å². The minimum atomic E-state index is -0.327. The molecule has 2 rings (SSSR count). The second-order valence-corrected chi connectivity index (χ2v) is 7.48. The highest BCUT2D eigenvalue weighted by atomic mass is 32.2. The molecule has 1 unspecified atom stereocenters. The monoisotopic (exact) mass is 335 g/mol. The molecular formula is C18H25NO3S. The van der Waals surface area contributed by atoms with Crippen LogP contribution in [-0.2, 0) is 15.3 Å². The Bertz CT molecular complexity index is 536. The highest BCUT2D eigenvalue weighted by Crippen LogP contribution is 2.23. The van der Waals surface area contributed by atoms with Gasteiger partial charge in [0, 0.05) is 18.8 Å². The van der Waals surface area contributed by atoms with Crippen molar-refractivity contribution in [2.75, 3.05) is 20.2 Å². The maximum atomic E-state index is 12.5. The van der Waals surface area contributed by atoms with Crippen molar-refractivity contribution in [2.24, 2.45) is 5.92 Å². The van der Waals surface area contributed by atoms with Crippen molar-refractivity contribution in [1.29, 1.82) is 0 Å². The summed E-state index contributed by atoms with van der Waals surface area (Å²) in [5.74, 6) is 1.41. The zero-order chi connectivity index (χ0) is 16.8. The first-order valence-electron chi connectivity index (χ1n) is 8.09. The maximum absolute atomic E-state index is 12.5. The molecule has 0 aliphatic carbocycles. The Labute approximate surface area is 142 Å². The van der Waals surface area contributed by atoms with Gasteiger partial charge < -0.3 is 9.64 Å². The Kier molecular flexibility index (Phi) is 6.51. The topological polar surface area (TPSA) is 46.6 Å². The van der Waals surface area contributed by atoms with E-state index < -0.39 is 0 Å². The van der Waals surface area contributed by atoms with Crippen molar-refractivity contribution in [1.82, 2.24) is 4.90 Å². The average Bonchev–Trinajstić information content (AvgIpc) is 2.59. The van der Waals surface area contributed by atoms with Crippen LogP contribution in [0.2, 0.25) is 0 Å². The van der Waals surface area contributed by atoms with Crippen molar-refractivity contribution in [2.45, 2.75) is 37.7 Å². The van der Waals surface area contributed by atoms with Crippen molar-refractivity contribution >= 4 is 23.6 Å². The lowest BCUT2D eigenvalue weighted by molar-refractivity contribution is -0.131. The number of carbonyl (C=O) groups excluding carboxylic acids is 2. The lowest BCUT2D eigenvalue weighted by atomic mass is 9.99. The molecule has 1 heterocycles. The van der Waals surface area contributed by atoms with Gasteiger partial charge in [0.25, 0.3) is 0 Å². The van der Waals surface area contributed by atoms with Crippen LogP contribution >= 0.6 is 11.8 Å². The number of piperidine rings is 1. The fourth-order valence-electron chi connectivity index (χ4n) is 2.63. The summed E-state index contributed by atoms with van der Waals surface area (Å²) in [5.41, 5.74) is 1.65. The van der Waals surface area contributed by atoms with Crippen LogP contribution in [0.5, 0.6) is 0 Å². The van der Waals surface area contributed by atoms with E-state index in [1.807, 2.05) is 24.0 Å². The number of hydrogen-bond donors (Lipinski definition) is 0. The number of amides is 1. The summed E-state index contributed by atoms with van der Waals surface area (Å²) < 4.78 is 4.69. The number of likely N-dealkylation sites (tertiary alicyclic amines) is 1. The largest absolute Gasteiger partial charge is 0.465 e. The third kappa shape index (κ3) is 4.99. The van der Waals surface area contributed by atoms with Crippen LogP contribution < -0.4 is 0 Å². The fraction of sp³-hybridized carbons (Fsp3) is 0.556. The van der Waals surface area contributed by atoms with Gasteiger partial charge in [-0.15, -0.1) is 11.8 Å². The second-order valence-electron chi connectivity index (χ2n) is 6.15. The predicted molar refractivity (Wildman–Crippen MR) is 93.5 cm³/mol. The number of hydrogen-bond acceptors (Lipinski definition) is 4. The molecule has 1 aliphatic rings. The fourth-order valence-corrected chi connectivity index (χ4v) is 3.56. The number of methoxy groups -OCH3 is 1. The summed E-state index contributed by atoms with van der Waals surface area (Å²) in [5, 5.41) is -0.0383. The molecule has 0 bridgehead atoms. The van der Waals surface area contributed by atoms with Gasteiger partial charge in [-0.05, 0) is 43.4 Å². The van der Waals surface area contributed by atoms with E-state index in [4.69, 9.17) is 0 Å². The van der Waals surface area contributed by atoms with E-state index in [1.54, 1.807) is 23.9 Å². The normalized spacial score (nSPS) is 16.9. The molecule has 1 fully saturated rings. The minimum Gasteiger partial charge on any atom is -0.465 e. The Morgan fingerprint density at radius 3 is 2.43 bits per heavy atom. The summed E-state index contributed by atoms with van der Waals surface area (Å²) >= 11 is 1.64. The van der Waals surface area contributed by atoms with Gasteiger partial charge in [-0.25, -0.2) is 4.79 Å². The molecule has 0 spiro atoms. The van der Waals surface area contributed by atoms with E-state index in [0.29, 0.717) is 5.56 Å². The summed E-state index contributed by atoms with van der Waals surface area (Å²) in [7, 11) is 1.38. The van der Waals surface area contributed by atoms with Crippen LogP contribution in [0.3, 0.4) is 0 Å². The number of esters is 1. The Morgan fingerprint density at radius 2 is 1.87 bits per heavy atom. The van der Waals surface area contributed by atoms with Gasteiger partial charge >= 0.3 is 5.97 Å². The first kappa shape index (κ1) is 17.9. The van der Waals surface area contributed by atoms with Gasteiger partial charge in [0.05, 0.1) is 17.9 Å². The van der Waals surface area contributed by atoms with Crippen molar-refractivity contribution in [3.05, 3.63) is 35.4 Å². The lowest BCUT2D eigenvalue weighted by Gasteiger charge is -2.32. The molecule has 1 saturated heterocycles. The summed E-state index contributed by atoms with van der Waals surface area (Å²) in [6, 6.07) is 7.36. The Hall–Kier alpha value is -1.49. The third-order valence-electron chi connectivity index (χ3n) is 4.32. The highest BCUT2D eigenvalue weighted by molar-refractivity contribution is 7.99. The van der Waals surface area contributed by atoms with E-state index in [-0.39, 0.29) is 17.1 Å². The average molecular weight is 335 g/mol. The van der Waals surface area contributed by atoms with E-state index in [9.17, 15) is 9.59 Å². The number of thioether (sulfide) groups is 1. The number of nitrogens with zero attached hydrogens (tertiary/aromatic N) is 1. The molecule has 126 valence electrons. The van der Waals surface area contributed by atoms with E-state index in [1.165, 1.54) is 7.11 Å². The van der Waals surface area contributed by atoms with Gasteiger partial charge in [0.15, 0.2) is 0 Å². The maximum Gasteiger partial charge on any atom is 0.337 e. The lowest BCUT2D eigenvalue weighted by Crippen LogP contribution is -2.41. The van der Waals surface area contributed by atoms with Crippen molar-refractivity contribution in [3.63, 3.8) is 0 Å². The van der Waals surface area contributed by atoms with Crippen molar-refractivity contribution < 1.29 is 14.3 Å². The third-order valence-corrected chi connectivity index (χ3v) is 5.52. The van der Waals surface area contributed by atoms with Crippen LogP contribution in [0.15, 0.2) is 24.3 Å². The van der Waals surface area contributed by atoms with Crippen LogP contribution in [-0.4, -0.2) is 42.2 Å². The standard InChI is InChI=1S/C18H25NO3S/c1-13-8-10-19(11-9-13)17(20)14(2)23-12-15-4-6-16(7-5-15)18(21)22-3/h4-7,13-14H,8-12H2,1-3H3. The van der Waals surface area contributed by atoms with E-state index in [0.717, 1.165) is 43.2 Å². The zero-order valence-electron chi connectivity index (χ0n) is 14.1. The van der Waals surface area contributed by atoms with Crippen LogP contribution in [0.25, 0.3) is 0 Å². The molecular weight excluding hydrogens is 310 g/mol. The molecule has 1 atom stereocenters. The molecule has 1 aromatic rings. The molecule has 0 aromatic heterocycles. The van der Waals surface area contributed by atoms with Crippen LogP contribution in [0.1, 0.15) is 42.6 Å². The molecule has 5 heteroatoms. The molecule has 1 aliphatic heterocycles. The molecule has 23 heavy (non-hydrogen) atoms. The minimum absolute atomic E-state index is 0.0383. The Morgan fingerprint density at radius 1 is 1.26 bits per heavy atom. The first-order valence-corrected chi connectivity index (χ1v) is 9.13. The summed E-state index contributed by atoms with van der Waals surface area (Å²) in [6.45, 7) is 6.00. The molecule has 1 amide bonds. The number of ether oxygens (including phenoxy) is 1. The molecule has 1 aromatic carbocycles. The molecule has 0 N–H and O–H groups in total. The van der Waals surface area contributed by atoms with E-state index >= 15 is 0 Å². The predicted octanol–water partition coefficient (Wildman–Crippen LogP) is 3.35. The zero-order valence-corrected chi connectivity index (χ0v) is 14.9. The van der Waals surface area contributed by atoms with Gasteiger partial charge in [0.2, 0.25) is 5.91 Å². The van der Waals surface area contributed by atoms with Gasteiger partial charge in [-0.3, -0.25) is 4.79 Å². The van der Waals surface area contributed by atoms with Crippen LogP contribution in [0, 0.1) is 5.92 Å². The first-order chi connectivity index (χ1) is 11.0. The van der Waals surface area contributed by atoms with Gasteiger partial charge in [-0.2, -0.15) is 0 Å².